The molecule has 0 aliphatic carbocycles. The van der Waals surface area contributed by atoms with Crippen molar-refractivity contribution in [2.75, 3.05) is 0 Å². The number of rotatable bonds is 2. The molecule has 0 amide bonds. The van der Waals surface area contributed by atoms with Gasteiger partial charge in [-0.15, -0.1) is 13.2 Å². The molecular weight excluding hydrogens is 328 g/mol. The highest BCUT2D eigenvalue weighted by Gasteiger charge is 2.30. The molecule has 0 spiro atoms. The van der Waals surface area contributed by atoms with E-state index < -0.39 is 12.2 Å². The number of alkyl halides is 3. The summed E-state index contributed by atoms with van der Waals surface area (Å²) in [6.07, 6.45) is -4.73. The Morgan fingerprint density at radius 3 is 2.16 bits per heavy atom. The van der Waals surface area contributed by atoms with Crippen LogP contribution in [0.15, 0.2) is 46.9 Å². The van der Waals surface area contributed by atoms with E-state index in [4.69, 9.17) is 0 Å². The fourth-order valence-corrected chi connectivity index (χ4v) is 1.93. The molecule has 0 heterocycles. The third-order valence-corrected chi connectivity index (χ3v) is 2.96. The molecule has 0 aliphatic heterocycles. The molecule has 0 aliphatic rings. The van der Waals surface area contributed by atoms with Crippen LogP contribution in [0.4, 0.5) is 17.6 Å². The van der Waals surface area contributed by atoms with Gasteiger partial charge in [-0.3, -0.25) is 0 Å². The van der Waals surface area contributed by atoms with Crippen LogP contribution in [0.25, 0.3) is 11.1 Å². The molecular formula is C13H7BrF4O. The minimum absolute atomic E-state index is 0.292. The third kappa shape index (κ3) is 3.47. The number of ether oxygens (including phenoxy) is 1. The van der Waals surface area contributed by atoms with Gasteiger partial charge in [0.2, 0.25) is 0 Å². The predicted octanol–water partition coefficient (Wildman–Crippen LogP) is 5.15. The van der Waals surface area contributed by atoms with Crippen molar-refractivity contribution < 1.29 is 22.3 Å². The minimum Gasteiger partial charge on any atom is -0.406 e. The van der Waals surface area contributed by atoms with Crippen LogP contribution in [0.5, 0.6) is 5.75 Å². The molecule has 6 heteroatoms. The van der Waals surface area contributed by atoms with Gasteiger partial charge in [-0.2, -0.15) is 0 Å². The summed E-state index contributed by atoms with van der Waals surface area (Å²) in [5, 5.41) is 0. The lowest BCUT2D eigenvalue weighted by Crippen LogP contribution is -2.16. The van der Waals surface area contributed by atoms with E-state index in [1.54, 1.807) is 18.2 Å². The molecule has 0 radical (unpaired) electrons. The summed E-state index contributed by atoms with van der Waals surface area (Å²) < 4.78 is 53.8. The van der Waals surface area contributed by atoms with Gasteiger partial charge >= 0.3 is 6.36 Å². The van der Waals surface area contributed by atoms with Crippen molar-refractivity contribution >= 4 is 15.9 Å². The van der Waals surface area contributed by atoms with Gasteiger partial charge in [-0.05, 0) is 39.7 Å². The van der Waals surface area contributed by atoms with Gasteiger partial charge in [0.05, 0.1) is 4.47 Å². The van der Waals surface area contributed by atoms with Crippen LogP contribution in [0, 0.1) is 5.82 Å². The molecule has 0 saturated carbocycles. The standard InChI is InChI=1S/C13H7BrF4O/c14-11-3-1-2-10(12(11)15)8-4-6-9(7-5-8)19-13(16,17)18/h1-7H. The molecule has 0 saturated heterocycles. The molecule has 100 valence electrons. The Balaban J connectivity index is 2.30. The molecule has 0 N–H and O–H groups in total. The molecule has 2 rings (SSSR count). The Kier molecular flexibility index (Phi) is 3.80. The monoisotopic (exact) mass is 334 g/mol. The van der Waals surface area contributed by atoms with Gasteiger partial charge in [0.1, 0.15) is 11.6 Å². The first-order chi connectivity index (χ1) is 8.87. The van der Waals surface area contributed by atoms with Crippen LogP contribution >= 0.6 is 15.9 Å². The van der Waals surface area contributed by atoms with Crippen LogP contribution in [0.2, 0.25) is 0 Å². The number of hydrogen-bond acceptors (Lipinski definition) is 1. The smallest absolute Gasteiger partial charge is 0.406 e. The van der Waals surface area contributed by atoms with E-state index in [0.717, 1.165) is 12.1 Å². The maximum absolute atomic E-state index is 13.8. The summed E-state index contributed by atoms with van der Waals surface area (Å²) in [5.74, 6) is -0.807. The van der Waals surface area contributed by atoms with E-state index in [0.29, 0.717) is 15.6 Å². The Labute approximate surface area is 114 Å². The van der Waals surface area contributed by atoms with E-state index in [9.17, 15) is 17.6 Å². The van der Waals surface area contributed by atoms with E-state index >= 15 is 0 Å². The quantitative estimate of drug-likeness (QED) is 0.690. The summed E-state index contributed by atoms with van der Waals surface area (Å²) in [5.41, 5.74) is 0.765. The van der Waals surface area contributed by atoms with Crippen LogP contribution < -0.4 is 4.74 Å². The van der Waals surface area contributed by atoms with Crippen molar-refractivity contribution in [2.24, 2.45) is 0 Å². The lowest BCUT2D eigenvalue weighted by Gasteiger charge is -2.10. The van der Waals surface area contributed by atoms with Crippen molar-refractivity contribution in [2.45, 2.75) is 6.36 Å². The van der Waals surface area contributed by atoms with Crippen molar-refractivity contribution in [3.05, 3.63) is 52.8 Å². The van der Waals surface area contributed by atoms with Crippen molar-refractivity contribution in [3.8, 4) is 16.9 Å². The van der Waals surface area contributed by atoms with Gasteiger partial charge in [0.15, 0.2) is 0 Å². The zero-order chi connectivity index (χ0) is 14.0. The minimum atomic E-state index is -4.73. The topological polar surface area (TPSA) is 9.23 Å². The second-order valence-electron chi connectivity index (χ2n) is 3.67. The summed E-state index contributed by atoms with van der Waals surface area (Å²) in [6.45, 7) is 0. The predicted molar refractivity (Wildman–Crippen MR) is 66.2 cm³/mol. The van der Waals surface area contributed by atoms with Gasteiger partial charge < -0.3 is 4.74 Å². The number of benzene rings is 2. The average molecular weight is 335 g/mol. The highest BCUT2D eigenvalue weighted by Crippen LogP contribution is 2.30. The van der Waals surface area contributed by atoms with Crippen LogP contribution in [-0.2, 0) is 0 Å². The molecule has 0 bridgehead atoms. The Bertz CT molecular complexity index is 578. The van der Waals surface area contributed by atoms with E-state index in [1.165, 1.54) is 12.1 Å². The highest BCUT2D eigenvalue weighted by atomic mass is 79.9. The maximum Gasteiger partial charge on any atom is 0.573 e. The maximum atomic E-state index is 13.8. The SMILES string of the molecule is Fc1c(Br)cccc1-c1ccc(OC(F)(F)F)cc1. The van der Waals surface area contributed by atoms with Gasteiger partial charge in [-0.25, -0.2) is 4.39 Å². The molecule has 0 unspecified atom stereocenters. The molecule has 19 heavy (non-hydrogen) atoms. The zero-order valence-electron chi connectivity index (χ0n) is 9.34. The second kappa shape index (κ2) is 5.21. The third-order valence-electron chi connectivity index (χ3n) is 2.35. The van der Waals surface area contributed by atoms with Gasteiger partial charge in [0.25, 0.3) is 0 Å². The van der Waals surface area contributed by atoms with E-state index in [2.05, 4.69) is 20.7 Å². The molecule has 0 fully saturated rings. The number of halogens is 5. The fraction of sp³-hybridized carbons (Fsp3) is 0.0769. The zero-order valence-corrected chi connectivity index (χ0v) is 10.9. The Morgan fingerprint density at radius 1 is 0.947 bits per heavy atom. The first kappa shape index (κ1) is 13.9. The lowest BCUT2D eigenvalue weighted by molar-refractivity contribution is -0.274. The van der Waals surface area contributed by atoms with Crippen LogP contribution in [-0.4, -0.2) is 6.36 Å². The summed E-state index contributed by atoms with van der Waals surface area (Å²) in [7, 11) is 0. The average Bonchev–Trinajstić information content (AvgIpc) is 2.32. The Hall–Kier alpha value is -1.56. The molecule has 2 aromatic carbocycles. The molecule has 0 atom stereocenters. The van der Waals surface area contributed by atoms with Crippen LogP contribution in [0.3, 0.4) is 0 Å². The summed E-state index contributed by atoms with van der Waals surface area (Å²) in [4.78, 5) is 0. The molecule has 1 nitrogen and oxygen atoms in total. The van der Waals surface area contributed by atoms with Crippen molar-refractivity contribution in [3.63, 3.8) is 0 Å². The lowest BCUT2D eigenvalue weighted by atomic mass is 10.1. The second-order valence-corrected chi connectivity index (χ2v) is 4.53. The largest absolute Gasteiger partial charge is 0.573 e. The fourth-order valence-electron chi connectivity index (χ4n) is 1.56. The summed E-state index contributed by atoms with van der Waals surface area (Å²) in [6, 6.07) is 9.74. The molecule has 0 aromatic heterocycles. The van der Waals surface area contributed by atoms with E-state index in [-0.39, 0.29) is 5.75 Å². The first-order valence-corrected chi connectivity index (χ1v) is 5.96. The normalized spacial score (nSPS) is 11.4. The highest BCUT2D eigenvalue weighted by molar-refractivity contribution is 9.10. The number of hydrogen-bond donors (Lipinski definition) is 0. The van der Waals surface area contributed by atoms with Gasteiger partial charge in [0, 0.05) is 5.56 Å². The molecule has 2 aromatic rings. The van der Waals surface area contributed by atoms with Crippen LogP contribution in [0.1, 0.15) is 0 Å². The Morgan fingerprint density at radius 2 is 1.58 bits per heavy atom. The van der Waals surface area contributed by atoms with Crippen molar-refractivity contribution in [1.82, 2.24) is 0 Å². The van der Waals surface area contributed by atoms with Gasteiger partial charge in [-0.1, -0.05) is 24.3 Å². The summed E-state index contributed by atoms with van der Waals surface area (Å²) >= 11 is 3.05. The van der Waals surface area contributed by atoms with Crippen molar-refractivity contribution in [1.29, 1.82) is 0 Å². The van der Waals surface area contributed by atoms with E-state index in [1.807, 2.05) is 0 Å². The first-order valence-electron chi connectivity index (χ1n) is 5.17.